The van der Waals surface area contributed by atoms with E-state index >= 15 is 0 Å². The quantitative estimate of drug-likeness (QED) is 0.715. The van der Waals surface area contributed by atoms with Gasteiger partial charge in [0, 0.05) is 12.8 Å². The lowest BCUT2D eigenvalue weighted by molar-refractivity contribution is -0.107. The first-order valence-electron chi connectivity index (χ1n) is 5.17. The molecule has 1 aromatic heterocycles. The number of hydrogen-bond acceptors (Lipinski definition) is 4. The van der Waals surface area contributed by atoms with Crippen LogP contribution in [0.15, 0.2) is 34.9 Å². The van der Waals surface area contributed by atoms with Crippen LogP contribution in [-0.2, 0) is 17.6 Å². The number of nitrogens with zero attached hydrogens (tertiary/aromatic N) is 2. The summed E-state index contributed by atoms with van der Waals surface area (Å²) in [6.45, 7) is 0. The maximum absolute atomic E-state index is 10.2. The van der Waals surface area contributed by atoms with Crippen LogP contribution in [0, 0.1) is 0 Å². The molecule has 1 heterocycles. The van der Waals surface area contributed by atoms with Crippen molar-refractivity contribution in [2.75, 3.05) is 0 Å². The third-order valence-corrected chi connectivity index (χ3v) is 2.19. The molecule has 82 valence electrons. The van der Waals surface area contributed by atoms with E-state index in [2.05, 4.69) is 10.1 Å². The molecule has 1 aromatic carbocycles. The van der Waals surface area contributed by atoms with Gasteiger partial charge >= 0.3 is 0 Å². The van der Waals surface area contributed by atoms with Crippen molar-refractivity contribution in [1.29, 1.82) is 0 Å². The Balaban J connectivity index is 2.00. The number of carbonyl (C=O) groups is 1. The Hall–Kier alpha value is -1.97. The van der Waals surface area contributed by atoms with E-state index in [1.165, 1.54) is 0 Å². The molecule has 2 rings (SSSR count). The molecule has 4 nitrogen and oxygen atoms in total. The molecule has 0 bridgehead atoms. The lowest BCUT2D eigenvalue weighted by Crippen LogP contribution is -1.91. The van der Waals surface area contributed by atoms with E-state index in [9.17, 15) is 4.79 Å². The Bertz CT molecular complexity index is 451. The van der Waals surface area contributed by atoms with Crippen molar-refractivity contribution in [1.82, 2.24) is 10.1 Å². The number of benzene rings is 1. The van der Waals surface area contributed by atoms with Crippen molar-refractivity contribution < 1.29 is 9.32 Å². The Morgan fingerprint density at radius 3 is 2.81 bits per heavy atom. The van der Waals surface area contributed by atoms with E-state index in [1.807, 2.05) is 30.3 Å². The summed E-state index contributed by atoms with van der Waals surface area (Å²) >= 11 is 0. The van der Waals surface area contributed by atoms with Crippen LogP contribution < -0.4 is 0 Å². The van der Waals surface area contributed by atoms with Gasteiger partial charge in [-0.05, 0) is 5.56 Å². The molecule has 0 atom stereocenters. The molecule has 0 fully saturated rings. The lowest BCUT2D eigenvalue weighted by Gasteiger charge is -1.93. The van der Waals surface area contributed by atoms with Crippen LogP contribution >= 0.6 is 0 Å². The average molecular weight is 216 g/mol. The van der Waals surface area contributed by atoms with Gasteiger partial charge in [0.2, 0.25) is 5.89 Å². The van der Waals surface area contributed by atoms with E-state index in [1.54, 1.807) is 0 Å². The standard InChI is InChI=1S/C12H12N2O2/c15-8-4-7-11-13-12(16-14-11)9-10-5-2-1-3-6-10/h1-3,5-6,8H,4,7,9H2. The van der Waals surface area contributed by atoms with Gasteiger partial charge in [-0.1, -0.05) is 35.5 Å². The molecule has 0 aliphatic rings. The number of carbonyl (C=O) groups excluding carboxylic acids is 1. The van der Waals surface area contributed by atoms with Crippen molar-refractivity contribution in [2.45, 2.75) is 19.3 Å². The summed E-state index contributed by atoms with van der Waals surface area (Å²) < 4.78 is 5.09. The maximum atomic E-state index is 10.2. The van der Waals surface area contributed by atoms with Gasteiger partial charge < -0.3 is 9.32 Å². The lowest BCUT2D eigenvalue weighted by atomic mass is 10.1. The molecule has 0 amide bonds. The van der Waals surface area contributed by atoms with Gasteiger partial charge in [-0.2, -0.15) is 4.98 Å². The largest absolute Gasteiger partial charge is 0.339 e. The second kappa shape index (κ2) is 5.21. The zero-order chi connectivity index (χ0) is 11.2. The van der Waals surface area contributed by atoms with Crippen LogP contribution in [0.5, 0.6) is 0 Å². The summed E-state index contributed by atoms with van der Waals surface area (Å²) in [5.74, 6) is 1.19. The van der Waals surface area contributed by atoms with Crippen molar-refractivity contribution in [3.8, 4) is 0 Å². The van der Waals surface area contributed by atoms with Crippen LogP contribution in [0.3, 0.4) is 0 Å². The van der Waals surface area contributed by atoms with Crippen molar-refractivity contribution in [3.05, 3.63) is 47.6 Å². The highest BCUT2D eigenvalue weighted by molar-refractivity contribution is 5.49. The number of aryl methyl sites for hydroxylation is 1. The fourth-order valence-corrected chi connectivity index (χ4v) is 1.42. The Labute approximate surface area is 93.3 Å². The summed E-state index contributed by atoms with van der Waals surface area (Å²) in [5.41, 5.74) is 1.13. The fraction of sp³-hybridized carbons (Fsp3) is 0.250. The van der Waals surface area contributed by atoms with Crippen LogP contribution in [0.25, 0.3) is 0 Å². The van der Waals surface area contributed by atoms with Gasteiger partial charge in [-0.25, -0.2) is 0 Å². The summed E-state index contributed by atoms with van der Waals surface area (Å²) in [4.78, 5) is 14.4. The minimum absolute atomic E-state index is 0.435. The SMILES string of the molecule is O=CCCc1noc(Cc2ccccc2)n1. The Morgan fingerprint density at radius 2 is 2.06 bits per heavy atom. The van der Waals surface area contributed by atoms with Crippen LogP contribution in [-0.4, -0.2) is 16.4 Å². The van der Waals surface area contributed by atoms with E-state index in [4.69, 9.17) is 4.52 Å². The zero-order valence-electron chi connectivity index (χ0n) is 8.80. The average Bonchev–Trinajstić information content (AvgIpc) is 2.75. The third kappa shape index (κ3) is 2.76. The van der Waals surface area contributed by atoms with Gasteiger partial charge in [0.15, 0.2) is 5.82 Å². The third-order valence-electron chi connectivity index (χ3n) is 2.19. The van der Waals surface area contributed by atoms with Gasteiger partial charge in [0.25, 0.3) is 0 Å². The van der Waals surface area contributed by atoms with Crippen molar-refractivity contribution >= 4 is 6.29 Å². The summed E-state index contributed by atoms with van der Waals surface area (Å²) in [5, 5.41) is 3.80. The first-order valence-corrected chi connectivity index (χ1v) is 5.17. The second-order valence-corrected chi connectivity index (χ2v) is 3.47. The summed E-state index contributed by atoms with van der Waals surface area (Å²) in [6, 6.07) is 9.93. The number of rotatable bonds is 5. The van der Waals surface area contributed by atoms with E-state index < -0.39 is 0 Å². The smallest absolute Gasteiger partial charge is 0.231 e. The monoisotopic (exact) mass is 216 g/mol. The van der Waals surface area contributed by atoms with Gasteiger partial charge in [-0.15, -0.1) is 0 Å². The molecular formula is C12H12N2O2. The number of aldehydes is 1. The minimum Gasteiger partial charge on any atom is -0.339 e. The van der Waals surface area contributed by atoms with Crippen LogP contribution in [0.2, 0.25) is 0 Å². The fourth-order valence-electron chi connectivity index (χ4n) is 1.42. The molecule has 0 radical (unpaired) electrons. The highest BCUT2D eigenvalue weighted by Gasteiger charge is 2.06. The second-order valence-electron chi connectivity index (χ2n) is 3.47. The Kier molecular flexibility index (Phi) is 3.43. The predicted molar refractivity (Wildman–Crippen MR) is 57.9 cm³/mol. The molecule has 0 spiro atoms. The molecule has 0 aliphatic carbocycles. The zero-order valence-corrected chi connectivity index (χ0v) is 8.80. The first-order chi connectivity index (χ1) is 7.88. The van der Waals surface area contributed by atoms with E-state index in [0.29, 0.717) is 31.0 Å². The molecule has 0 unspecified atom stereocenters. The molecule has 0 N–H and O–H groups in total. The molecule has 0 saturated heterocycles. The summed E-state index contributed by atoms with van der Waals surface area (Å²) in [6.07, 6.45) is 2.47. The maximum Gasteiger partial charge on any atom is 0.231 e. The normalized spacial score (nSPS) is 10.2. The highest BCUT2D eigenvalue weighted by atomic mass is 16.5. The van der Waals surface area contributed by atoms with Crippen LogP contribution in [0.1, 0.15) is 23.7 Å². The molecule has 16 heavy (non-hydrogen) atoms. The Morgan fingerprint density at radius 1 is 1.25 bits per heavy atom. The van der Waals surface area contributed by atoms with E-state index in [-0.39, 0.29) is 0 Å². The molecule has 0 saturated carbocycles. The van der Waals surface area contributed by atoms with Crippen molar-refractivity contribution in [3.63, 3.8) is 0 Å². The van der Waals surface area contributed by atoms with Crippen molar-refractivity contribution in [2.24, 2.45) is 0 Å². The highest BCUT2D eigenvalue weighted by Crippen LogP contribution is 2.07. The molecule has 4 heteroatoms. The van der Waals surface area contributed by atoms with Crippen LogP contribution in [0.4, 0.5) is 0 Å². The first kappa shape index (κ1) is 10.5. The topological polar surface area (TPSA) is 56.0 Å². The van der Waals surface area contributed by atoms with Gasteiger partial charge in [0.1, 0.15) is 6.29 Å². The minimum atomic E-state index is 0.435. The van der Waals surface area contributed by atoms with Gasteiger partial charge in [-0.3, -0.25) is 0 Å². The number of aromatic nitrogens is 2. The molecule has 2 aromatic rings. The number of hydrogen-bond donors (Lipinski definition) is 0. The predicted octanol–water partition coefficient (Wildman–Crippen LogP) is 1.79. The summed E-state index contributed by atoms with van der Waals surface area (Å²) in [7, 11) is 0. The van der Waals surface area contributed by atoms with E-state index in [0.717, 1.165) is 11.8 Å². The molecular weight excluding hydrogens is 204 g/mol. The van der Waals surface area contributed by atoms with Gasteiger partial charge in [0.05, 0.1) is 6.42 Å². The molecule has 0 aliphatic heterocycles.